The third kappa shape index (κ3) is 2.33. The Morgan fingerprint density at radius 2 is 2.20 bits per heavy atom. The molecule has 1 atom stereocenters. The molecule has 0 unspecified atom stereocenters. The van der Waals surface area contributed by atoms with Crippen molar-refractivity contribution in [3.8, 4) is 0 Å². The molecule has 0 saturated carbocycles. The summed E-state index contributed by atoms with van der Waals surface area (Å²) in [6, 6.07) is 3.67. The van der Waals surface area contributed by atoms with Gasteiger partial charge in [0.15, 0.2) is 4.67 Å². The van der Waals surface area contributed by atoms with Crippen molar-refractivity contribution in [3.05, 3.63) is 22.6 Å². The highest BCUT2D eigenvalue weighted by molar-refractivity contribution is 9.10. The Morgan fingerprint density at radius 1 is 1.60 bits per heavy atom. The molecule has 58 valence electrons. The number of hydrogen-bond donors (Lipinski definition) is 1. The van der Waals surface area contributed by atoms with Gasteiger partial charge in [-0.3, -0.25) is 0 Å². The molecule has 0 saturated heterocycles. The lowest BCUT2D eigenvalue weighted by Crippen LogP contribution is -2.02. The van der Waals surface area contributed by atoms with Crippen molar-refractivity contribution >= 4 is 28.3 Å². The van der Waals surface area contributed by atoms with Gasteiger partial charge in [-0.25, -0.2) is 0 Å². The highest BCUT2D eigenvalue weighted by Crippen LogP contribution is 2.17. The minimum Gasteiger partial charge on any atom is -0.453 e. The number of furan rings is 1. The average Bonchev–Trinajstić information content (AvgIpc) is 2.14. The third-order valence-corrected chi connectivity index (χ3v) is 1.47. The van der Waals surface area contributed by atoms with Crippen molar-refractivity contribution in [2.24, 2.45) is 5.73 Å². The molecule has 10 heavy (non-hydrogen) atoms. The first-order chi connectivity index (χ1) is 4.20. The predicted molar refractivity (Wildman–Crippen MR) is 46.3 cm³/mol. The van der Waals surface area contributed by atoms with Gasteiger partial charge in [-0.05, 0) is 35.0 Å². The quantitative estimate of drug-likeness (QED) is 0.799. The van der Waals surface area contributed by atoms with Crippen LogP contribution in [0, 0.1) is 0 Å². The van der Waals surface area contributed by atoms with Crippen LogP contribution < -0.4 is 5.73 Å². The lowest BCUT2D eigenvalue weighted by atomic mass is 10.3. The molecule has 4 heteroatoms. The molecule has 0 amide bonds. The molecule has 2 N–H and O–H groups in total. The van der Waals surface area contributed by atoms with Crippen LogP contribution in [-0.4, -0.2) is 0 Å². The van der Waals surface area contributed by atoms with E-state index in [4.69, 9.17) is 10.2 Å². The van der Waals surface area contributed by atoms with Gasteiger partial charge >= 0.3 is 0 Å². The molecule has 0 aliphatic rings. The van der Waals surface area contributed by atoms with Gasteiger partial charge in [0, 0.05) is 0 Å². The van der Waals surface area contributed by atoms with Gasteiger partial charge in [-0.15, -0.1) is 12.4 Å². The van der Waals surface area contributed by atoms with E-state index in [0.717, 1.165) is 10.4 Å². The fourth-order valence-electron chi connectivity index (χ4n) is 0.573. The molecule has 1 rings (SSSR count). The predicted octanol–water partition coefficient (Wildman–Crippen LogP) is 2.48. The van der Waals surface area contributed by atoms with Crippen LogP contribution in [-0.2, 0) is 0 Å². The zero-order chi connectivity index (χ0) is 6.85. The summed E-state index contributed by atoms with van der Waals surface area (Å²) >= 11 is 3.18. The van der Waals surface area contributed by atoms with E-state index in [0.29, 0.717) is 0 Å². The van der Waals surface area contributed by atoms with Crippen LogP contribution in [0.3, 0.4) is 0 Å². The molecule has 1 aromatic heterocycles. The molecule has 0 fully saturated rings. The fraction of sp³-hybridized carbons (Fsp3) is 0.333. The van der Waals surface area contributed by atoms with Gasteiger partial charge in [0.05, 0.1) is 6.04 Å². The van der Waals surface area contributed by atoms with Gasteiger partial charge in [0.25, 0.3) is 0 Å². The van der Waals surface area contributed by atoms with Crippen LogP contribution in [0.1, 0.15) is 18.7 Å². The summed E-state index contributed by atoms with van der Waals surface area (Å²) in [5.74, 6) is 0.807. The van der Waals surface area contributed by atoms with E-state index in [1.54, 1.807) is 0 Å². The molecular weight excluding hydrogens is 217 g/mol. The Morgan fingerprint density at radius 3 is 2.40 bits per heavy atom. The smallest absolute Gasteiger partial charge is 0.169 e. The second kappa shape index (κ2) is 4.01. The van der Waals surface area contributed by atoms with Crippen LogP contribution in [0.4, 0.5) is 0 Å². The lowest BCUT2D eigenvalue weighted by molar-refractivity contribution is 0.461. The van der Waals surface area contributed by atoms with E-state index >= 15 is 0 Å². The van der Waals surface area contributed by atoms with E-state index in [1.807, 2.05) is 19.1 Å². The molecule has 0 spiro atoms. The largest absolute Gasteiger partial charge is 0.453 e. The Kier molecular flexibility index (Phi) is 4.01. The molecule has 0 aliphatic heterocycles. The first kappa shape index (κ1) is 10.0. The summed E-state index contributed by atoms with van der Waals surface area (Å²) in [5.41, 5.74) is 5.51. The summed E-state index contributed by atoms with van der Waals surface area (Å²) in [4.78, 5) is 0. The Labute approximate surface area is 74.3 Å². The van der Waals surface area contributed by atoms with E-state index < -0.39 is 0 Å². The van der Waals surface area contributed by atoms with E-state index in [2.05, 4.69) is 15.9 Å². The van der Waals surface area contributed by atoms with Crippen LogP contribution in [0.25, 0.3) is 0 Å². The van der Waals surface area contributed by atoms with Crippen molar-refractivity contribution in [1.29, 1.82) is 0 Å². The van der Waals surface area contributed by atoms with Crippen molar-refractivity contribution < 1.29 is 4.42 Å². The van der Waals surface area contributed by atoms with E-state index in [1.165, 1.54) is 0 Å². The second-order valence-electron chi connectivity index (χ2n) is 1.93. The maximum Gasteiger partial charge on any atom is 0.169 e. The van der Waals surface area contributed by atoms with Gasteiger partial charge < -0.3 is 10.2 Å². The molecule has 1 aromatic rings. The van der Waals surface area contributed by atoms with Gasteiger partial charge in [0.1, 0.15) is 5.76 Å². The highest BCUT2D eigenvalue weighted by Gasteiger charge is 2.02. The minimum absolute atomic E-state index is 0. The summed E-state index contributed by atoms with van der Waals surface area (Å²) in [6.07, 6.45) is 0. The molecule has 0 aliphatic carbocycles. The van der Waals surface area contributed by atoms with Crippen LogP contribution >= 0.6 is 28.3 Å². The average molecular weight is 227 g/mol. The molecular formula is C6H9BrClNO. The number of hydrogen-bond acceptors (Lipinski definition) is 2. The normalized spacial score (nSPS) is 12.3. The third-order valence-electron chi connectivity index (χ3n) is 1.04. The summed E-state index contributed by atoms with van der Waals surface area (Å²) < 4.78 is 5.87. The van der Waals surface area contributed by atoms with Crippen LogP contribution in [0.5, 0.6) is 0 Å². The summed E-state index contributed by atoms with van der Waals surface area (Å²) in [6.45, 7) is 1.88. The molecule has 2 nitrogen and oxygen atoms in total. The van der Waals surface area contributed by atoms with Crippen molar-refractivity contribution in [2.45, 2.75) is 13.0 Å². The van der Waals surface area contributed by atoms with Gasteiger partial charge in [0.2, 0.25) is 0 Å². The second-order valence-corrected chi connectivity index (χ2v) is 2.71. The van der Waals surface area contributed by atoms with Crippen LogP contribution in [0.15, 0.2) is 21.2 Å². The Balaban J connectivity index is 0.000000810. The van der Waals surface area contributed by atoms with Gasteiger partial charge in [-0.1, -0.05) is 0 Å². The van der Waals surface area contributed by atoms with E-state index in [9.17, 15) is 0 Å². The fourth-order valence-corrected chi connectivity index (χ4v) is 0.892. The Hall–Kier alpha value is 0.01000. The van der Waals surface area contributed by atoms with Crippen molar-refractivity contribution in [3.63, 3.8) is 0 Å². The Bertz CT molecular complexity index is 199. The number of rotatable bonds is 1. The molecule has 0 radical (unpaired) electrons. The maximum absolute atomic E-state index is 5.51. The first-order valence-corrected chi connectivity index (χ1v) is 3.50. The monoisotopic (exact) mass is 225 g/mol. The molecule has 0 bridgehead atoms. The first-order valence-electron chi connectivity index (χ1n) is 2.71. The van der Waals surface area contributed by atoms with E-state index in [-0.39, 0.29) is 18.4 Å². The highest BCUT2D eigenvalue weighted by atomic mass is 79.9. The van der Waals surface area contributed by atoms with Crippen molar-refractivity contribution in [2.75, 3.05) is 0 Å². The summed E-state index contributed by atoms with van der Waals surface area (Å²) in [5, 5.41) is 0. The SMILES string of the molecule is C[C@H](N)c1ccc(Br)o1.Cl. The standard InChI is InChI=1S/C6H8BrNO.ClH/c1-4(8)5-2-3-6(7)9-5;/h2-4H,8H2,1H3;1H/t4-;/m0./s1. The van der Waals surface area contributed by atoms with Gasteiger partial charge in [-0.2, -0.15) is 0 Å². The van der Waals surface area contributed by atoms with Crippen molar-refractivity contribution in [1.82, 2.24) is 0 Å². The summed E-state index contributed by atoms with van der Waals surface area (Å²) in [7, 11) is 0. The minimum atomic E-state index is -0.0173. The zero-order valence-electron chi connectivity index (χ0n) is 5.50. The topological polar surface area (TPSA) is 39.2 Å². The maximum atomic E-state index is 5.51. The number of nitrogens with two attached hydrogens (primary N) is 1. The lowest BCUT2D eigenvalue weighted by Gasteiger charge is -1.96. The van der Waals surface area contributed by atoms with Crippen LogP contribution in [0.2, 0.25) is 0 Å². The molecule has 0 aromatic carbocycles. The number of halogens is 2. The zero-order valence-corrected chi connectivity index (χ0v) is 7.91. The molecule has 1 heterocycles.